The van der Waals surface area contributed by atoms with Crippen LogP contribution in [-0.4, -0.2) is 56.4 Å². The highest BCUT2D eigenvalue weighted by Crippen LogP contribution is 2.31. The van der Waals surface area contributed by atoms with Crippen molar-refractivity contribution in [3.05, 3.63) is 63.2 Å². The van der Waals surface area contributed by atoms with Crippen LogP contribution in [0.25, 0.3) is 11.2 Å². The number of aryl methyl sites for hydroxylation is 2. The van der Waals surface area contributed by atoms with E-state index >= 15 is 0 Å². The maximum Gasteiger partial charge on any atom is 0.327 e. The van der Waals surface area contributed by atoms with E-state index in [1.54, 1.807) is 18.5 Å². The Morgan fingerprint density at radius 2 is 1.82 bits per heavy atom. The van der Waals surface area contributed by atoms with Gasteiger partial charge in [0.05, 0.1) is 5.52 Å². The minimum absolute atomic E-state index is 0.00951. The minimum atomic E-state index is -0.136. The van der Waals surface area contributed by atoms with E-state index in [1.807, 2.05) is 17.0 Å². The number of nitrogens with one attached hydrogen (secondary N) is 1. The maximum absolute atomic E-state index is 11.9. The number of benzene rings is 1. The van der Waals surface area contributed by atoms with Gasteiger partial charge in [-0.05, 0) is 60.9 Å². The lowest BCUT2D eigenvalue weighted by Gasteiger charge is -2.38. The fourth-order valence-electron chi connectivity index (χ4n) is 5.08. The van der Waals surface area contributed by atoms with E-state index < -0.39 is 0 Å². The number of hydrogen-bond donors (Lipinski definition) is 1. The quantitative estimate of drug-likeness (QED) is 0.606. The third-order valence-corrected chi connectivity index (χ3v) is 7.29. The average molecular weight is 464 g/mol. The van der Waals surface area contributed by atoms with Crippen molar-refractivity contribution < 1.29 is 4.79 Å². The third kappa shape index (κ3) is 5.09. The van der Waals surface area contributed by atoms with Crippen molar-refractivity contribution in [2.75, 3.05) is 26.2 Å². The van der Waals surface area contributed by atoms with Crippen LogP contribution in [0.3, 0.4) is 0 Å². The lowest BCUT2D eigenvalue weighted by Crippen LogP contribution is -2.48. The van der Waals surface area contributed by atoms with E-state index in [1.165, 1.54) is 16.7 Å². The van der Waals surface area contributed by atoms with Crippen LogP contribution in [0.4, 0.5) is 0 Å². The highest BCUT2D eigenvalue weighted by molar-refractivity contribution is 5.73. The van der Waals surface area contributed by atoms with Gasteiger partial charge in [-0.1, -0.05) is 32.0 Å². The van der Waals surface area contributed by atoms with Crippen molar-refractivity contribution in [2.24, 2.45) is 12.5 Å². The van der Waals surface area contributed by atoms with Crippen LogP contribution in [0, 0.1) is 12.3 Å². The highest BCUT2D eigenvalue weighted by atomic mass is 16.2. The van der Waals surface area contributed by atoms with Crippen molar-refractivity contribution in [2.45, 2.75) is 53.5 Å². The fourth-order valence-corrected chi connectivity index (χ4v) is 5.08. The summed E-state index contributed by atoms with van der Waals surface area (Å²) in [5.74, 6) is 0.166. The Labute approximate surface area is 201 Å². The second-order valence-corrected chi connectivity index (χ2v) is 10.6. The Morgan fingerprint density at radius 1 is 1.12 bits per heavy atom. The molecule has 0 aliphatic carbocycles. The van der Waals surface area contributed by atoms with Crippen molar-refractivity contribution in [1.29, 1.82) is 0 Å². The van der Waals surface area contributed by atoms with Gasteiger partial charge in [0.1, 0.15) is 0 Å². The molecule has 3 heterocycles. The molecule has 1 aliphatic heterocycles. The van der Waals surface area contributed by atoms with Crippen LogP contribution in [-0.2, 0) is 24.7 Å². The fraction of sp³-hybridized carbons (Fsp3) is 0.519. The summed E-state index contributed by atoms with van der Waals surface area (Å²) in [6, 6.07) is 11.1. The Bertz CT molecular complexity index is 1250. The Hall–Kier alpha value is -2.93. The van der Waals surface area contributed by atoms with Gasteiger partial charge >= 0.3 is 5.69 Å². The molecule has 1 atom stereocenters. The summed E-state index contributed by atoms with van der Waals surface area (Å²) in [5.41, 5.74) is 6.35. The predicted octanol–water partition coefficient (Wildman–Crippen LogP) is 3.61. The van der Waals surface area contributed by atoms with E-state index in [0.29, 0.717) is 11.7 Å². The molecule has 1 fully saturated rings. The first-order valence-electron chi connectivity index (χ1n) is 12.2. The number of hydrogen-bond acceptors (Lipinski definition) is 4. The number of aromatic amines is 1. The summed E-state index contributed by atoms with van der Waals surface area (Å²) in [7, 11) is 1.75. The first-order valence-corrected chi connectivity index (χ1v) is 12.2. The average Bonchev–Trinajstić information content (AvgIpc) is 3.07. The zero-order chi connectivity index (χ0) is 24.6. The number of aromatic nitrogens is 3. The van der Waals surface area contributed by atoms with Gasteiger partial charge in [-0.25, -0.2) is 9.78 Å². The standard InChI is InChI=1S/C27H37N5O2/c1-18-7-8-21(19(2)31-11-13-32(14-12-31)20(3)33)15-22(18)16-27(4,5)17-23-9-10-24-25(28-23)30(6)26(34)29-24/h7-10,15,19H,11-14,16-17H2,1-6H3,(H,29,34). The van der Waals surface area contributed by atoms with Crippen molar-refractivity contribution in [3.8, 4) is 0 Å². The molecule has 2 aromatic heterocycles. The number of pyridine rings is 1. The van der Waals surface area contributed by atoms with Crippen LogP contribution < -0.4 is 5.69 Å². The molecule has 1 aliphatic rings. The van der Waals surface area contributed by atoms with E-state index in [4.69, 9.17) is 4.98 Å². The number of H-pyrrole nitrogens is 1. The molecule has 1 amide bonds. The van der Waals surface area contributed by atoms with E-state index in [2.05, 4.69) is 55.8 Å². The Morgan fingerprint density at radius 3 is 2.50 bits per heavy atom. The Kier molecular flexibility index (Phi) is 6.67. The van der Waals surface area contributed by atoms with Gasteiger partial charge in [0.25, 0.3) is 0 Å². The number of fused-ring (bicyclic) bond motifs is 1. The third-order valence-electron chi connectivity index (χ3n) is 7.29. The highest BCUT2D eigenvalue weighted by Gasteiger charge is 2.25. The number of nitrogens with zero attached hydrogens (tertiary/aromatic N) is 4. The second-order valence-electron chi connectivity index (χ2n) is 10.6. The number of carbonyl (C=O) groups excluding carboxylic acids is 1. The molecule has 0 saturated carbocycles. The van der Waals surface area contributed by atoms with Gasteiger partial charge in [-0.3, -0.25) is 14.3 Å². The van der Waals surface area contributed by atoms with Gasteiger partial charge < -0.3 is 9.88 Å². The minimum Gasteiger partial charge on any atom is -0.340 e. The number of rotatable bonds is 6. The lowest BCUT2D eigenvalue weighted by molar-refractivity contribution is -0.130. The van der Waals surface area contributed by atoms with Crippen molar-refractivity contribution in [3.63, 3.8) is 0 Å². The first kappa shape index (κ1) is 24.2. The van der Waals surface area contributed by atoms with Crippen molar-refractivity contribution >= 4 is 17.1 Å². The van der Waals surface area contributed by atoms with Gasteiger partial charge in [0.15, 0.2) is 5.65 Å². The largest absolute Gasteiger partial charge is 0.340 e. The molecule has 1 saturated heterocycles. The molecule has 34 heavy (non-hydrogen) atoms. The van der Waals surface area contributed by atoms with Crippen LogP contribution in [0.15, 0.2) is 35.1 Å². The second kappa shape index (κ2) is 9.37. The number of carbonyl (C=O) groups is 1. The molecule has 7 heteroatoms. The molecular formula is C27H37N5O2. The molecule has 182 valence electrons. The summed E-state index contributed by atoms with van der Waals surface area (Å²) < 4.78 is 1.57. The number of piperazine rings is 1. The van der Waals surface area contributed by atoms with Gasteiger partial charge in [-0.15, -0.1) is 0 Å². The first-order chi connectivity index (χ1) is 16.0. The lowest BCUT2D eigenvalue weighted by atomic mass is 9.80. The SMILES string of the molecule is CC(=O)N1CCN(C(C)c2ccc(C)c(CC(C)(C)Cc3ccc4[nH]c(=O)n(C)c4n3)c2)CC1. The van der Waals surface area contributed by atoms with Crippen LogP contribution >= 0.6 is 0 Å². The summed E-state index contributed by atoms with van der Waals surface area (Å²) in [6.07, 6.45) is 1.78. The molecule has 0 spiro atoms. The predicted molar refractivity (Wildman–Crippen MR) is 136 cm³/mol. The molecule has 1 aromatic carbocycles. The summed E-state index contributed by atoms with van der Waals surface area (Å²) >= 11 is 0. The van der Waals surface area contributed by atoms with E-state index in [9.17, 15) is 9.59 Å². The topological polar surface area (TPSA) is 74.2 Å². The summed E-state index contributed by atoms with van der Waals surface area (Å²) in [6.45, 7) is 14.1. The maximum atomic E-state index is 11.9. The summed E-state index contributed by atoms with van der Waals surface area (Å²) in [4.78, 5) is 35.6. The van der Waals surface area contributed by atoms with Gasteiger partial charge in [0.2, 0.25) is 5.91 Å². The normalized spacial score (nSPS) is 16.2. The molecule has 0 radical (unpaired) electrons. The van der Waals surface area contributed by atoms with E-state index in [-0.39, 0.29) is 17.0 Å². The van der Waals surface area contributed by atoms with Gasteiger partial charge in [0, 0.05) is 51.9 Å². The zero-order valence-corrected chi connectivity index (χ0v) is 21.3. The zero-order valence-electron chi connectivity index (χ0n) is 21.3. The van der Waals surface area contributed by atoms with Crippen LogP contribution in [0.5, 0.6) is 0 Å². The Balaban J connectivity index is 1.48. The number of imidazole rings is 1. The van der Waals surface area contributed by atoms with Crippen molar-refractivity contribution in [1.82, 2.24) is 24.3 Å². The molecule has 1 unspecified atom stereocenters. The molecule has 1 N–H and O–H groups in total. The molecule has 4 rings (SSSR count). The molecular weight excluding hydrogens is 426 g/mol. The number of amides is 1. The monoisotopic (exact) mass is 463 g/mol. The molecule has 0 bridgehead atoms. The van der Waals surface area contributed by atoms with E-state index in [0.717, 1.165) is 50.2 Å². The summed E-state index contributed by atoms with van der Waals surface area (Å²) in [5, 5.41) is 0. The van der Waals surface area contributed by atoms with Crippen LogP contribution in [0.2, 0.25) is 0 Å². The van der Waals surface area contributed by atoms with Crippen LogP contribution in [0.1, 0.15) is 56.1 Å². The molecule has 7 nitrogen and oxygen atoms in total. The molecule has 3 aromatic rings. The smallest absolute Gasteiger partial charge is 0.327 e. The van der Waals surface area contributed by atoms with Gasteiger partial charge in [-0.2, -0.15) is 0 Å².